The Labute approximate surface area is 142 Å². The SMILES string of the molecule is CC(C)CNC(=NCc1ccc([N+](=O)[O-])cc1)NCCOCCO. The second-order valence-electron chi connectivity index (χ2n) is 5.63. The Hall–Kier alpha value is -2.19. The van der Waals surface area contributed by atoms with E-state index >= 15 is 0 Å². The minimum Gasteiger partial charge on any atom is -0.394 e. The molecule has 8 nitrogen and oxygen atoms in total. The van der Waals surface area contributed by atoms with Crippen LogP contribution in [0.2, 0.25) is 0 Å². The van der Waals surface area contributed by atoms with Gasteiger partial charge in [-0.3, -0.25) is 10.1 Å². The van der Waals surface area contributed by atoms with Gasteiger partial charge in [-0.05, 0) is 11.5 Å². The smallest absolute Gasteiger partial charge is 0.269 e. The number of nitro benzene ring substituents is 1. The van der Waals surface area contributed by atoms with E-state index in [1.165, 1.54) is 12.1 Å². The van der Waals surface area contributed by atoms with Crippen LogP contribution in [-0.2, 0) is 11.3 Å². The number of nitrogens with one attached hydrogen (secondary N) is 2. The molecular formula is C16H26N4O4. The molecule has 0 saturated carbocycles. The van der Waals surface area contributed by atoms with Crippen LogP contribution in [0.25, 0.3) is 0 Å². The van der Waals surface area contributed by atoms with E-state index in [4.69, 9.17) is 9.84 Å². The van der Waals surface area contributed by atoms with Gasteiger partial charge in [0.2, 0.25) is 0 Å². The number of aliphatic imine (C=N–C) groups is 1. The summed E-state index contributed by atoms with van der Waals surface area (Å²) < 4.78 is 5.20. The van der Waals surface area contributed by atoms with Crippen molar-refractivity contribution >= 4 is 11.6 Å². The molecule has 0 spiro atoms. The van der Waals surface area contributed by atoms with Gasteiger partial charge in [0.15, 0.2) is 5.96 Å². The van der Waals surface area contributed by atoms with Crippen molar-refractivity contribution in [3.8, 4) is 0 Å². The molecule has 0 aliphatic rings. The standard InChI is InChI=1S/C16H26N4O4/c1-13(2)11-18-16(17-7-9-24-10-8-21)19-12-14-3-5-15(6-4-14)20(22)23/h3-6,13,21H,7-12H2,1-2H3,(H2,17,18,19). The first-order chi connectivity index (χ1) is 11.5. The van der Waals surface area contributed by atoms with E-state index in [0.29, 0.717) is 38.2 Å². The highest BCUT2D eigenvalue weighted by Gasteiger charge is 2.04. The normalized spacial score (nSPS) is 11.6. The molecule has 0 radical (unpaired) electrons. The van der Waals surface area contributed by atoms with Crippen LogP contribution in [0.4, 0.5) is 5.69 Å². The number of aliphatic hydroxyl groups excluding tert-OH is 1. The third-order valence-corrected chi connectivity index (χ3v) is 3.02. The summed E-state index contributed by atoms with van der Waals surface area (Å²) in [4.78, 5) is 14.7. The lowest BCUT2D eigenvalue weighted by molar-refractivity contribution is -0.384. The first-order valence-corrected chi connectivity index (χ1v) is 7.97. The number of ether oxygens (including phenoxy) is 1. The van der Waals surface area contributed by atoms with Gasteiger partial charge in [-0.25, -0.2) is 4.99 Å². The van der Waals surface area contributed by atoms with Crippen molar-refractivity contribution in [2.75, 3.05) is 32.9 Å². The lowest BCUT2D eigenvalue weighted by Gasteiger charge is -2.14. The zero-order chi connectivity index (χ0) is 17.8. The molecule has 0 fully saturated rings. The zero-order valence-electron chi connectivity index (χ0n) is 14.2. The molecule has 3 N–H and O–H groups in total. The highest BCUT2D eigenvalue weighted by molar-refractivity contribution is 5.79. The van der Waals surface area contributed by atoms with Gasteiger partial charge in [-0.15, -0.1) is 0 Å². The molecule has 24 heavy (non-hydrogen) atoms. The maximum absolute atomic E-state index is 10.7. The quantitative estimate of drug-likeness (QED) is 0.195. The average molecular weight is 338 g/mol. The summed E-state index contributed by atoms with van der Waals surface area (Å²) in [5.41, 5.74) is 0.961. The number of hydrogen-bond donors (Lipinski definition) is 3. The van der Waals surface area contributed by atoms with Crippen LogP contribution in [0.15, 0.2) is 29.3 Å². The summed E-state index contributed by atoms with van der Waals surface area (Å²) in [5.74, 6) is 1.14. The molecule has 1 aromatic rings. The van der Waals surface area contributed by atoms with Gasteiger partial charge in [0, 0.05) is 25.2 Å². The summed E-state index contributed by atoms with van der Waals surface area (Å²) >= 11 is 0. The fraction of sp³-hybridized carbons (Fsp3) is 0.562. The highest BCUT2D eigenvalue weighted by Crippen LogP contribution is 2.12. The number of nitrogens with zero attached hydrogens (tertiary/aromatic N) is 2. The Bertz CT molecular complexity index is 517. The molecule has 0 aliphatic heterocycles. The molecule has 0 aromatic heterocycles. The Morgan fingerprint density at radius 3 is 2.58 bits per heavy atom. The van der Waals surface area contributed by atoms with Crippen molar-refractivity contribution in [3.05, 3.63) is 39.9 Å². The van der Waals surface area contributed by atoms with Crippen molar-refractivity contribution in [1.29, 1.82) is 0 Å². The van der Waals surface area contributed by atoms with Crippen LogP contribution in [-0.4, -0.2) is 48.9 Å². The predicted molar refractivity (Wildman–Crippen MR) is 93.0 cm³/mol. The maximum atomic E-state index is 10.7. The second kappa shape index (κ2) is 11.4. The third-order valence-electron chi connectivity index (χ3n) is 3.02. The molecule has 1 aromatic carbocycles. The maximum Gasteiger partial charge on any atom is 0.269 e. The number of non-ortho nitro benzene ring substituents is 1. The molecule has 0 atom stereocenters. The van der Waals surface area contributed by atoms with E-state index in [2.05, 4.69) is 29.5 Å². The van der Waals surface area contributed by atoms with Crippen molar-refractivity contribution in [1.82, 2.24) is 10.6 Å². The lowest BCUT2D eigenvalue weighted by Crippen LogP contribution is -2.40. The van der Waals surface area contributed by atoms with Crippen LogP contribution in [0, 0.1) is 16.0 Å². The Morgan fingerprint density at radius 1 is 1.29 bits per heavy atom. The van der Waals surface area contributed by atoms with Crippen molar-refractivity contribution in [2.24, 2.45) is 10.9 Å². The van der Waals surface area contributed by atoms with E-state index in [1.807, 2.05) is 0 Å². The highest BCUT2D eigenvalue weighted by atomic mass is 16.6. The van der Waals surface area contributed by atoms with Crippen LogP contribution < -0.4 is 10.6 Å². The fourth-order valence-electron chi connectivity index (χ4n) is 1.78. The first-order valence-electron chi connectivity index (χ1n) is 7.97. The first kappa shape index (κ1) is 19.9. The number of rotatable bonds is 10. The summed E-state index contributed by atoms with van der Waals surface area (Å²) in [6.07, 6.45) is 0. The Balaban J connectivity index is 2.56. The summed E-state index contributed by atoms with van der Waals surface area (Å²) in [7, 11) is 0. The molecule has 134 valence electrons. The molecular weight excluding hydrogens is 312 g/mol. The summed E-state index contributed by atoms with van der Waals surface area (Å²) in [5, 5.41) is 25.7. The summed E-state index contributed by atoms with van der Waals surface area (Å²) in [6, 6.07) is 6.35. The van der Waals surface area contributed by atoms with E-state index in [-0.39, 0.29) is 12.3 Å². The Morgan fingerprint density at radius 2 is 2.00 bits per heavy atom. The molecule has 0 heterocycles. The van der Waals surface area contributed by atoms with Gasteiger partial charge in [-0.2, -0.15) is 0 Å². The number of hydrogen-bond acceptors (Lipinski definition) is 5. The third kappa shape index (κ3) is 8.44. The number of nitro groups is 1. The monoisotopic (exact) mass is 338 g/mol. The fourth-order valence-corrected chi connectivity index (χ4v) is 1.78. The van der Waals surface area contributed by atoms with Crippen LogP contribution in [0.5, 0.6) is 0 Å². The van der Waals surface area contributed by atoms with Gasteiger partial charge >= 0.3 is 0 Å². The molecule has 8 heteroatoms. The number of benzene rings is 1. The zero-order valence-corrected chi connectivity index (χ0v) is 14.2. The van der Waals surface area contributed by atoms with E-state index in [0.717, 1.165) is 12.1 Å². The largest absolute Gasteiger partial charge is 0.394 e. The van der Waals surface area contributed by atoms with Crippen LogP contribution >= 0.6 is 0 Å². The minimum atomic E-state index is -0.420. The minimum absolute atomic E-state index is 0.00664. The van der Waals surface area contributed by atoms with E-state index < -0.39 is 4.92 Å². The van der Waals surface area contributed by atoms with Crippen molar-refractivity contribution in [2.45, 2.75) is 20.4 Å². The number of guanidine groups is 1. The van der Waals surface area contributed by atoms with Crippen molar-refractivity contribution in [3.63, 3.8) is 0 Å². The molecule has 1 rings (SSSR count). The second-order valence-corrected chi connectivity index (χ2v) is 5.63. The van der Waals surface area contributed by atoms with Gasteiger partial charge in [0.25, 0.3) is 5.69 Å². The van der Waals surface area contributed by atoms with E-state index in [1.54, 1.807) is 12.1 Å². The molecule has 0 unspecified atom stereocenters. The average Bonchev–Trinajstić information content (AvgIpc) is 2.56. The molecule has 0 saturated heterocycles. The van der Waals surface area contributed by atoms with Gasteiger partial charge < -0.3 is 20.5 Å². The van der Waals surface area contributed by atoms with Gasteiger partial charge in [0.05, 0.1) is 31.3 Å². The molecule has 0 amide bonds. The summed E-state index contributed by atoms with van der Waals surface area (Å²) in [6.45, 7) is 6.77. The topological polar surface area (TPSA) is 109 Å². The van der Waals surface area contributed by atoms with Crippen molar-refractivity contribution < 1.29 is 14.8 Å². The predicted octanol–water partition coefficient (Wildman–Crippen LogP) is 1.29. The lowest BCUT2D eigenvalue weighted by atomic mass is 10.2. The molecule has 0 aliphatic carbocycles. The molecule has 0 bridgehead atoms. The van der Waals surface area contributed by atoms with Crippen LogP contribution in [0.3, 0.4) is 0 Å². The number of aliphatic hydroxyl groups is 1. The van der Waals surface area contributed by atoms with Gasteiger partial charge in [0.1, 0.15) is 0 Å². The Kier molecular flexibility index (Phi) is 9.40. The van der Waals surface area contributed by atoms with Gasteiger partial charge in [-0.1, -0.05) is 26.0 Å². The van der Waals surface area contributed by atoms with Crippen LogP contribution in [0.1, 0.15) is 19.4 Å². The van der Waals surface area contributed by atoms with E-state index in [9.17, 15) is 10.1 Å².